The van der Waals surface area contributed by atoms with E-state index in [-0.39, 0.29) is 5.41 Å². The Morgan fingerprint density at radius 2 is 1.64 bits per heavy atom. The Bertz CT molecular complexity index is 894. The number of carboxylic acids is 1. The number of aliphatic carboxylic acids is 1. The van der Waals surface area contributed by atoms with Gasteiger partial charge in [0.1, 0.15) is 11.5 Å². The highest BCUT2D eigenvalue weighted by molar-refractivity contribution is 7.10. The number of benzene rings is 2. The number of thiophene rings is 1. The van der Waals surface area contributed by atoms with E-state index >= 15 is 0 Å². The van der Waals surface area contributed by atoms with Crippen molar-refractivity contribution in [2.45, 2.75) is 44.9 Å². The van der Waals surface area contributed by atoms with E-state index in [9.17, 15) is 9.90 Å². The molecule has 0 spiro atoms. The Morgan fingerprint density at radius 3 is 2.14 bits per heavy atom. The molecule has 0 bridgehead atoms. The van der Waals surface area contributed by atoms with Crippen molar-refractivity contribution in [2.75, 3.05) is 0 Å². The minimum absolute atomic E-state index is 0.156. The number of hydrogen-bond donors (Lipinski definition) is 1. The Hall–Kier alpha value is -2.59. The number of ether oxygens (including phenoxy) is 1. The highest BCUT2D eigenvalue weighted by Gasteiger charge is 2.21. The Morgan fingerprint density at radius 1 is 1.04 bits per heavy atom. The Kier molecular flexibility index (Phi) is 6.20. The molecular weight excluding hydrogens is 368 g/mol. The fraction of sp³-hybridized carbons (Fsp3) is 0.292. The number of carboxylic acid groups (broad SMARTS) is 1. The molecule has 0 aliphatic carbocycles. The van der Waals surface area contributed by atoms with Crippen LogP contribution in [0, 0.1) is 0 Å². The topological polar surface area (TPSA) is 46.5 Å². The first-order valence-electron chi connectivity index (χ1n) is 9.52. The van der Waals surface area contributed by atoms with Crippen LogP contribution in [-0.2, 0) is 16.6 Å². The maximum absolute atomic E-state index is 11.6. The van der Waals surface area contributed by atoms with Gasteiger partial charge in [0.15, 0.2) is 0 Å². The van der Waals surface area contributed by atoms with Gasteiger partial charge in [-0.05, 0) is 65.1 Å². The molecule has 1 atom stereocenters. The molecule has 0 radical (unpaired) electrons. The van der Waals surface area contributed by atoms with Gasteiger partial charge in [-0.15, -0.1) is 11.3 Å². The van der Waals surface area contributed by atoms with Crippen LogP contribution < -0.4 is 4.74 Å². The van der Waals surface area contributed by atoms with Crippen molar-refractivity contribution in [3.8, 4) is 11.5 Å². The van der Waals surface area contributed by atoms with E-state index in [1.165, 1.54) is 16.9 Å². The van der Waals surface area contributed by atoms with Gasteiger partial charge in [0.25, 0.3) is 0 Å². The summed E-state index contributed by atoms with van der Waals surface area (Å²) >= 11 is 1.48. The molecule has 1 unspecified atom stereocenters. The summed E-state index contributed by atoms with van der Waals surface area (Å²) in [5.74, 6) is 0.235. The lowest BCUT2D eigenvalue weighted by atomic mass is 9.82. The quantitative estimate of drug-likeness (QED) is 0.466. The number of carbonyl (C=O) groups is 1. The summed E-state index contributed by atoms with van der Waals surface area (Å²) in [5.41, 5.74) is 2.43. The highest BCUT2D eigenvalue weighted by atomic mass is 32.1. The number of rotatable bonds is 8. The summed E-state index contributed by atoms with van der Waals surface area (Å²) in [6.07, 6.45) is 1.55. The molecule has 0 aliphatic heterocycles. The normalized spacial score (nSPS) is 12.5. The molecule has 0 fully saturated rings. The van der Waals surface area contributed by atoms with Crippen molar-refractivity contribution < 1.29 is 14.6 Å². The van der Waals surface area contributed by atoms with Crippen LogP contribution in [0.25, 0.3) is 0 Å². The van der Waals surface area contributed by atoms with E-state index in [0.29, 0.717) is 6.42 Å². The molecule has 1 heterocycles. The predicted molar refractivity (Wildman–Crippen MR) is 115 cm³/mol. The van der Waals surface area contributed by atoms with Gasteiger partial charge in [0.05, 0.1) is 5.92 Å². The third-order valence-corrected chi connectivity index (χ3v) is 6.29. The van der Waals surface area contributed by atoms with Crippen molar-refractivity contribution in [1.82, 2.24) is 0 Å². The molecule has 0 saturated heterocycles. The van der Waals surface area contributed by atoms with E-state index in [1.807, 2.05) is 53.9 Å². The van der Waals surface area contributed by atoms with Crippen LogP contribution in [-0.4, -0.2) is 11.1 Å². The zero-order chi connectivity index (χ0) is 20.1. The van der Waals surface area contributed by atoms with E-state index in [1.54, 1.807) is 0 Å². The maximum atomic E-state index is 11.6. The van der Waals surface area contributed by atoms with Gasteiger partial charge in [-0.25, -0.2) is 0 Å². The zero-order valence-corrected chi connectivity index (χ0v) is 17.3. The molecular formula is C24H26O3S. The standard InChI is InChI=1S/C24H26O3S/c1-4-24(2,3)18-9-13-20(14-10-18)27-19-11-7-17(8-12-19)16-21(23(25)26)22-6-5-15-28-22/h5-15,21H,4,16H2,1-3H3,(H,25,26). The molecule has 2 aromatic carbocycles. The largest absolute Gasteiger partial charge is 0.481 e. The monoisotopic (exact) mass is 394 g/mol. The third-order valence-electron chi connectivity index (χ3n) is 5.30. The SMILES string of the molecule is CCC(C)(C)c1ccc(Oc2ccc(CC(C(=O)O)c3cccs3)cc2)cc1. The third kappa shape index (κ3) is 4.82. The molecule has 0 aliphatic rings. The van der Waals surface area contributed by atoms with E-state index in [2.05, 4.69) is 32.9 Å². The van der Waals surface area contributed by atoms with Gasteiger partial charge in [0.2, 0.25) is 0 Å². The molecule has 28 heavy (non-hydrogen) atoms. The van der Waals surface area contributed by atoms with E-state index < -0.39 is 11.9 Å². The highest BCUT2D eigenvalue weighted by Crippen LogP contribution is 2.30. The summed E-state index contributed by atoms with van der Waals surface area (Å²) in [7, 11) is 0. The molecule has 0 saturated carbocycles. The second-order valence-corrected chi connectivity index (χ2v) is 8.60. The second kappa shape index (κ2) is 8.61. The molecule has 3 rings (SSSR count). The minimum atomic E-state index is -0.794. The van der Waals surface area contributed by atoms with Crippen LogP contribution in [0.1, 0.15) is 49.1 Å². The summed E-state index contributed by atoms with van der Waals surface area (Å²) in [6.45, 7) is 6.67. The van der Waals surface area contributed by atoms with Crippen LogP contribution in [0.15, 0.2) is 66.0 Å². The second-order valence-electron chi connectivity index (χ2n) is 7.62. The van der Waals surface area contributed by atoms with Crippen LogP contribution in [0.5, 0.6) is 11.5 Å². The zero-order valence-electron chi connectivity index (χ0n) is 16.5. The van der Waals surface area contributed by atoms with Crippen molar-refractivity contribution in [2.24, 2.45) is 0 Å². The average Bonchev–Trinajstić information content (AvgIpc) is 3.22. The minimum Gasteiger partial charge on any atom is -0.481 e. The van der Waals surface area contributed by atoms with Gasteiger partial charge in [-0.1, -0.05) is 51.1 Å². The lowest BCUT2D eigenvalue weighted by Gasteiger charge is -2.23. The average molecular weight is 395 g/mol. The van der Waals surface area contributed by atoms with Gasteiger partial charge in [-0.3, -0.25) is 4.79 Å². The van der Waals surface area contributed by atoms with Crippen molar-refractivity contribution >= 4 is 17.3 Å². The lowest BCUT2D eigenvalue weighted by Crippen LogP contribution is -2.14. The maximum Gasteiger partial charge on any atom is 0.312 e. The fourth-order valence-electron chi connectivity index (χ4n) is 3.04. The molecule has 1 N–H and O–H groups in total. The van der Waals surface area contributed by atoms with Crippen molar-refractivity contribution in [3.05, 3.63) is 82.0 Å². The first kappa shape index (κ1) is 20.2. The summed E-state index contributed by atoms with van der Waals surface area (Å²) < 4.78 is 5.95. The molecule has 1 aromatic heterocycles. The van der Waals surface area contributed by atoms with Crippen molar-refractivity contribution in [3.63, 3.8) is 0 Å². The smallest absolute Gasteiger partial charge is 0.312 e. The Labute approximate surface area is 170 Å². The fourth-order valence-corrected chi connectivity index (χ4v) is 3.86. The predicted octanol–water partition coefficient (Wildman–Crippen LogP) is 6.64. The van der Waals surface area contributed by atoms with Crippen molar-refractivity contribution in [1.29, 1.82) is 0 Å². The van der Waals surface area contributed by atoms with Gasteiger partial charge >= 0.3 is 5.97 Å². The van der Waals surface area contributed by atoms with Crippen LogP contribution in [0.4, 0.5) is 0 Å². The van der Waals surface area contributed by atoms with Gasteiger partial charge in [-0.2, -0.15) is 0 Å². The summed E-state index contributed by atoms with van der Waals surface area (Å²) in [5, 5.41) is 11.4. The molecule has 3 nitrogen and oxygen atoms in total. The van der Waals surface area contributed by atoms with Gasteiger partial charge < -0.3 is 9.84 Å². The molecule has 146 valence electrons. The van der Waals surface area contributed by atoms with E-state index in [0.717, 1.165) is 28.4 Å². The first-order valence-corrected chi connectivity index (χ1v) is 10.4. The Balaban J connectivity index is 1.67. The molecule has 3 aromatic rings. The van der Waals surface area contributed by atoms with E-state index in [4.69, 9.17) is 4.74 Å². The van der Waals surface area contributed by atoms with Crippen LogP contribution in [0.3, 0.4) is 0 Å². The molecule has 4 heteroatoms. The summed E-state index contributed by atoms with van der Waals surface area (Å²) in [4.78, 5) is 12.5. The molecule has 0 amide bonds. The lowest BCUT2D eigenvalue weighted by molar-refractivity contribution is -0.138. The summed E-state index contributed by atoms with van der Waals surface area (Å²) in [6, 6.07) is 19.7. The first-order chi connectivity index (χ1) is 13.4. The van der Waals surface area contributed by atoms with Crippen LogP contribution in [0.2, 0.25) is 0 Å². The van der Waals surface area contributed by atoms with Crippen LogP contribution >= 0.6 is 11.3 Å². The number of hydrogen-bond acceptors (Lipinski definition) is 3. The van der Waals surface area contributed by atoms with Gasteiger partial charge in [0, 0.05) is 4.88 Å².